The molecule has 3 rings (SSSR count). The second-order valence-corrected chi connectivity index (χ2v) is 5.08. The zero-order valence-electron chi connectivity index (χ0n) is 10.9. The molecule has 0 amide bonds. The van der Waals surface area contributed by atoms with Crippen LogP contribution in [-0.2, 0) is 0 Å². The van der Waals surface area contributed by atoms with E-state index in [0.29, 0.717) is 10.2 Å². The summed E-state index contributed by atoms with van der Waals surface area (Å²) in [4.78, 5) is 26.1. The molecule has 0 saturated carbocycles. The molecule has 1 aromatic carbocycles. The molecule has 0 atom stereocenters. The lowest BCUT2D eigenvalue weighted by Crippen LogP contribution is -2.00. The van der Waals surface area contributed by atoms with E-state index >= 15 is 0 Å². The van der Waals surface area contributed by atoms with Crippen molar-refractivity contribution in [1.29, 1.82) is 0 Å². The Hall–Kier alpha value is -2.61. The number of fused-ring (bicyclic) bond motifs is 1. The number of aromatic amines is 1. The quantitative estimate of drug-likeness (QED) is 0.761. The van der Waals surface area contributed by atoms with Crippen molar-refractivity contribution in [3.8, 4) is 5.75 Å². The minimum atomic E-state index is -1.10. The molecule has 0 aliphatic rings. The van der Waals surface area contributed by atoms with Crippen LogP contribution in [0.25, 0.3) is 11.0 Å². The Morgan fingerprint density at radius 3 is 2.86 bits per heavy atom. The van der Waals surface area contributed by atoms with Gasteiger partial charge in [0.05, 0.1) is 30.5 Å². The van der Waals surface area contributed by atoms with Gasteiger partial charge in [-0.1, -0.05) is 0 Å². The van der Waals surface area contributed by atoms with Crippen molar-refractivity contribution >= 4 is 28.8 Å². The van der Waals surface area contributed by atoms with Gasteiger partial charge in [0.2, 0.25) is 0 Å². The summed E-state index contributed by atoms with van der Waals surface area (Å²) in [6.45, 7) is 0. The first-order valence-electron chi connectivity index (χ1n) is 5.92. The van der Waals surface area contributed by atoms with Gasteiger partial charge in [0.25, 0.3) is 0 Å². The molecule has 0 bridgehead atoms. The van der Waals surface area contributed by atoms with Crippen molar-refractivity contribution < 1.29 is 14.6 Å². The average molecular weight is 302 g/mol. The van der Waals surface area contributed by atoms with Crippen LogP contribution in [0.4, 0.5) is 0 Å². The number of ether oxygens (including phenoxy) is 1. The summed E-state index contributed by atoms with van der Waals surface area (Å²) in [6.07, 6.45) is 2.62. The molecule has 2 N–H and O–H groups in total. The lowest BCUT2D eigenvalue weighted by molar-refractivity contribution is 0.0689. The molecule has 2 heterocycles. The van der Waals surface area contributed by atoms with E-state index in [-0.39, 0.29) is 5.69 Å². The molecule has 0 spiro atoms. The number of carboxylic acids is 1. The minimum absolute atomic E-state index is 0.0892. The lowest BCUT2D eigenvalue weighted by Gasteiger charge is -1.97. The third kappa shape index (κ3) is 2.79. The highest BCUT2D eigenvalue weighted by molar-refractivity contribution is 7.99. The first-order valence-corrected chi connectivity index (χ1v) is 6.74. The molecule has 8 heteroatoms. The molecule has 21 heavy (non-hydrogen) atoms. The zero-order chi connectivity index (χ0) is 14.8. The van der Waals surface area contributed by atoms with Crippen LogP contribution in [0.2, 0.25) is 0 Å². The maximum absolute atomic E-state index is 10.7. The summed E-state index contributed by atoms with van der Waals surface area (Å²) in [5.41, 5.74) is 1.58. The number of carbonyl (C=O) groups is 1. The summed E-state index contributed by atoms with van der Waals surface area (Å²) in [5.74, 6) is -0.358. The van der Waals surface area contributed by atoms with Gasteiger partial charge in [0, 0.05) is 6.07 Å². The number of aromatic nitrogens is 4. The van der Waals surface area contributed by atoms with E-state index < -0.39 is 5.97 Å². The smallest absolute Gasteiger partial charge is 0.356 e. The van der Waals surface area contributed by atoms with E-state index in [9.17, 15) is 4.79 Å². The van der Waals surface area contributed by atoms with Gasteiger partial charge in [0.15, 0.2) is 10.9 Å². The fourth-order valence-corrected chi connectivity index (χ4v) is 2.43. The molecule has 0 saturated heterocycles. The van der Waals surface area contributed by atoms with Gasteiger partial charge in [-0.25, -0.2) is 19.7 Å². The number of aromatic carboxylic acids is 1. The zero-order valence-corrected chi connectivity index (χ0v) is 11.7. The largest absolute Gasteiger partial charge is 0.497 e. The van der Waals surface area contributed by atoms with Crippen molar-refractivity contribution in [2.45, 2.75) is 10.2 Å². The van der Waals surface area contributed by atoms with E-state index in [1.165, 1.54) is 24.2 Å². The van der Waals surface area contributed by atoms with Crippen molar-refractivity contribution in [1.82, 2.24) is 19.9 Å². The van der Waals surface area contributed by atoms with E-state index in [4.69, 9.17) is 9.84 Å². The predicted molar refractivity (Wildman–Crippen MR) is 75.8 cm³/mol. The first kappa shape index (κ1) is 13.4. The van der Waals surface area contributed by atoms with Crippen LogP contribution in [0.5, 0.6) is 5.75 Å². The number of hydrogen-bond donors (Lipinski definition) is 2. The minimum Gasteiger partial charge on any atom is -0.497 e. The van der Waals surface area contributed by atoms with Crippen LogP contribution in [0, 0.1) is 0 Å². The lowest BCUT2D eigenvalue weighted by atomic mass is 10.3. The van der Waals surface area contributed by atoms with Gasteiger partial charge in [0.1, 0.15) is 10.8 Å². The normalized spacial score (nSPS) is 10.7. The summed E-state index contributed by atoms with van der Waals surface area (Å²) >= 11 is 1.27. The predicted octanol–water partition coefficient (Wildman–Crippen LogP) is 2.21. The Kier molecular flexibility index (Phi) is 3.44. The van der Waals surface area contributed by atoms with E-state index in [1.807, 2.05) is 18.2 Å². The molecule has 0 aliphatic heterocycles. The van der Waals surface area contributed by atoms with Gasteiger partial charge in [-0.15, -0.1) is 0 Å². The van der Waals surface area contributed by atoms with Crippen molar-refractivity contribution in [2.24, 2.45) is 0 Å². The van der Waals surface area contributed by atoms with Crippen molar-refractivity contribution in [3.63, 3.8) is 0 Å². The van der Waals surface area contributed by atoms with Crippen LogP contribution in [-0.4, -0.2) is 38.1 Å². The molecule has 0 radical (unpaired) electrons. The maximum atomic E-state index is 10.7. The summed E-state index contributed by atoms with van der Waals surface area (Å²) in [5, 5.41) is 9.98. The van der Waals surface area contributed by atoms with Gasteiger partial charge in [-0.05, 0) is 23.9 Å². The Balaban J connectivity index is 1.85. The number of nitrogens with one attached hydrogen (secondary N) is 1. The number of imidazole rings is 1. The third-order valence-electron chi connectivity index (χ3n) is 2.72. The molecule has 2 aromatic heterocycles. The second kappa shape index (κ2) is 5.41. The van der Waals surface area contributed by atoms with Gasteiger partial charge >= 0.3 is 5.97 Å². The van der Waals surface area contributed by atoms with E-state index in [0.717, 1.165) is 16.8 Å². The Bertz CT molecular complexity index is 801. The molecule has 0 aliphatic carbocycles. The number of benzene rings is 1. The van der Waals surface area contributed by atoms with Crippen LogP contribution >= 0.6 is 11.8 Å². The van der Waals surface area contributed by atoms with Crippen molar-refractivity contribution in [3.05, 3.63) is 36.3 Å². The fraction of sp³-hybridized carbons (Fsp3) is 0.0769. The monoisotopic (exact) mass is 302 g/mol. The van der Waals surface area contributed by atoms with Crippen LogP contribution in [0.15, 0.2) is 40.8 Å². The van der Waals surface area contributed by atoms with Crippen LogP contribution in [0.3, 0.4) is 0 Å². The summed E-state index contributed by atoms with van der Waals surface area (Å²) < 4.78 is 5.15. The third-order valence-corrected chi connectivity index (χ3v) is 3.52. The van der Waals surface area contributed by atoms with Crippen molar-refractivity contribution in [2.75, 3.05) is 7.11 Å². The van der Waals surface area contributed by atoms with Crippen LogP contribution < -0.4 is 4.74 Å². The molecular formula is C13H10N4O3S. The topological polar surface area (TPSA) is 101 Å². The summed E-state index contributed by atoms with van der Waals surface area (Å²) in [7, 11) is 1.60. The Morgan fingerprint density at radius 2 is 2.19 bits per heavy atom. The summed E-state index contributed by atoms with van der Waals surface area (Å²) in [6, 6.07) is 5.54. The molecule has 0 fully saturated rings. The fourth-order valence-electron chi connectivity index (χ4n) is 1.72. The van der Waals surface area contributed by atoms with Gasteiger partial charge in [-0.3, -0.25) is 0 Å². The van der Waals surface area contributed by atoms with E-state index in [1.54, 1.807) is 7.11 Å². The molecular weight excluding hydrogens is 292 g/mol. The van der Waals surface area contributed by atoms with Gasteiger partial charge < -0.3 is 14.8 Å². The van der Waals surface area contributed by atoms with E-state index in [2.05, 4.69) is 19.9 Å². The Labute approximate surface area is 123 Å². The number of rotatable bonds is 4. The maximum Gasteiger partial charge on any atom is 0.356 e. The standard InChI is InChI=1S/C13H10N4O3S/c1-20-7-2-3-8-9(4-7)17-13(16-8)21-11-6-14-10(5-15-11)12(18)19/h2-6H,1H3,(H,16,17)(H,18,19). The SMILES string of the molecule is COc1ccc2nc(Sc3cnc(C(=O)O)cn3)[nH]c2c1. The first-order chi connectivity index (χ1) is 10.2. The Morgan fingerprint density at radius 1 is 1.33 bits per heavy atom. The average Bonchev–Trinajstić information content (AvgIpc) is 2.88. The highest BCUT2D eigenvalue weighted by Crippen LogP contribution is 2.26. The number of H-pyrrole nitrogens is 1. The van der Waals surface area contributed by atoms with Gasteiger partial charge in [-0.2, -0.15) is 0 Å². The molecule has 3 aromatic rings. The molecule has 0 unspecified atom stereocenters. The van der Waals surface area contributed by atoms with Crippen LogP contribution in [0.1, 0.15) is 10.5 Å². The second-order valence-electron chi connectivity index (χ2n) is 4.07. The molecule has 7 nitrogen and oxygen atoms in total. The number of methoxy groups -OCH3 is 1. The number of nitrogens with zero attached hydrogens (tertiary/aromatic N) is 3. The number of hydrogen-bond acceptors (Lipinski definition) is 6. The molecule has 106 valence electrons. The highest BCUT2D eigenvalue weighted by atomic mass is 32.2. The highest BCUT2D eigenvalue weighted by Gasteiger charge is 2.09. The number of carboxylic acid groups (broad SMARTS) is 1.